The van der Waals surface area contributed by atoms with Gasteiger partial charge in [-0.25, -0.2) is 0 Å². The van der Waals surface area contributed by atoms with Gasteiger partial charge in [0.1, 0.15) is 23.9 Å². The first kappa shape index (κ1) is 13.9. The summed E-state index contributed by atoms with van der Waals surface area (Å²) in [6.07, 6.45) is 4.67. The number of nitrogens with zero attached hydrogens (tertiary/aromatic N) is 1. The highest BCUT2D eigenvalue weighted by atomic mass is 16.5. The summed E-state index contributed by atoms with van der Waals surface area (Å²) in [5.74, 6) is 0.818. The van der Waals surface area contributed by atoms with Gasteiger partial charge in [-0.15, -0.1) is 0 Å². The molecule has 1 aliphatic rings. The second-order valence-electron chi connectivity index (χ2n) is 5.49. The van der Waals surface area contributed by atoms with E-state index in [2.05, 4.69) is 12.1 Å². The van der Waals surface area contributed by atoms with Crippen molar-refractivity contribution in [1.29, 1.82) is 5.41 Å². The minimum Gasteiger partial charge on any atom is -0.491 e. The highest BCUT2D eigenvalue weighted by Gasteiger charge is 2.12. The lowest BCUT2D eigenvalue weighted by atomic mass is 10.1. The lowest BCUT2D eigenvalue weighted by Crippen LogP contribution is -2.29. The largest absolute Gasteiger partial charge is 0.491 e. The fraction of sp³-hybridized carbons (Fsp3) is 0.353. The number of nitrogens with one attached hydrogen (secondary N) is 1. The standard InChI is InChI=1S/C17H20N2O2/c18-17-6-1-2-9-19(17)11-15(20)12-21-16-8-7-13-4-3-5-14(13)10-16/h1-2,6-10,15,18,20H,3-5,11-12H2. The predicted molar refractivity (Wildman–Crippen MR) is 80.3 cm³/mol. The molecule has 3 rings (SSSR count). The number of ether oxygens (including phenoxy) is 1. The fourth-order valence-corrected chi connectivity index (χ4v) is 2.75. The van der Waals surface area contributed by atoms with Crippen LogP contribution in [0.4, 0.5) is 0 Å². The highest BCUT2D eigenvalue weighted by Crippen LogP contribution is 2.26. The molecule has 1 aromatic heterocycles. The maximum absolute atomic E-state index is 10.1. The summed E-state index contributed by atoms with van der Waals surface area (Å²) < 4.78 is 7.39. The monoisotopic (exact) mass is 284 g/mol. The molecule has 0 saturated heterocycles. The summed E-state index contributed by atoms with van der Waals surface area (Å²) >= 11 is 0. The van der Waals surface area contributed by atoms with Gasteiger partial charge in [0.15, 0.2) is 0 Å². The minimum atomic E-state index is -0.630. The Morgan fingerprint density at radius 3 is 2.90 bits per heavy atom. The van der Waals surface area contributed by atoms with Gasteiger partial charge < -0.3 is 14.4 Å². The molecule has 21 heavy (non-hydrogen) atoms. The molecular weight excluding hydrogens is 264 g/mol. The van der Waals surface area contributed by atoms with Gasteiger partial charge in [-0.1, -0.05) is 12.1 Å². The molecule has 0 aliphatic heterocycles. The summed E-state index contributed by atoms with van der Waals surface area (Å²) in [5, 5.41) is 17.8. The molecular formula is C17H20N2O2. The third kappa shape index (κ3) is 3.34. The van der Waals surface area contributed by atoms with E-state index in [1.165, 1.54) is 17.5 Å². The van der Waals surface area contributed by atoms with E-state index in [1.54, 1.807) is 16.8 Å². The molecule has 0 saturated carbocycles. The average Bonchev–Trinajstić information content (AvgIpc) is 2.95. The summed E-state index contributed by atoms with van der Waals surface area (Å²) in [5.41, 5.74) is 3.17. The van der Waals surface area contributed by atoms with E-state index in [0.29, 0.717) is 12.0 Å². The Morgan fingerprint density at radius 2 is 2.05 bits per heavy atom. The van der Waals surface area contributed by atoms with E-state index in [-0.39, 0.29) is 6.61 Å². The van der Waals surface area contributed by atoms with Gasteiger partial charge in [0, 0.05) is 6.20 Å². The molecule has 0 amide bonds. The van der Waals surface area contributed by atoms with Crippen LogP contribution >= 0.6 is 0 Å². The van der Waals surface area contributed by atoms with Crippen molar-refractivity contribution in [3.63, 3.8) is 0 Å². The quantitative estimate of drug-likeness (QED) is 0.881. The first-order valence-electron chi connectivity index (χ1n) is 7.35. The van der Waals surface area contributed by atoms with Crippen molar-refractivity contribution >= 4 is 0 Å². The first-order valence-corrected chi connectivity index (χ1v) is 7.35. The van der Waals surface area contributed by atoms with E-state index >= 15 is 0 Å². The molecule has 0 bridgehead atoms. The average molecular weight is 284 g/mol. The van der Waals surface area contributed by atoms with Crippen molar-refractivity contribution in [2.75, 3.05) is 6.61 Å². The molecule has 1 heterocycles. The number of aliphatic hydroxyl groups is 1. The summed E-state index contributed by atoms with van der Waals surface area (Å²) in [6.45, 7) is 0.602. The number of aryl methyl sites for hydroxylation is 2. The number of fused-ring (bicyclic) bond motifs is 1. The van der Waals surface area contributed by atoms with Crippen LogP contribution in [0.15, 0.2) is 42.6 Å². The van der Waals surface area contributed by atoms with Crippen molar-refractivity contribution in [3.8, 4) is 5.75 Å². The molecule has 4 heteroatoms. The molecule has 1 unspecified atom stereocenters. The van der Waals surface area contributed by atoms with Crippen LogP contribution in [0.2, 0.25) is 0 Å². The van der Waals surface area contributed by atoms with Gasteiger partial charge in [0.25, 0.3) is 0 Å². The second-order valence-corrected chi connectivity index (χ2v) is 5.49. The molecule has 4 nitrogen and oxygen atoms in total. The molecule has 1 aliphatic carbocycles. The van der Waals surface area contributed by atoms with Crippen molar-refractivity contribution in [2.45, 2.75) is 31.9 Å². The van der Waals surface area contributed by atoms with Crippen LogP contribution in [0.25, 0.3) is 0 Å². The van der Waals surface area contributed by atoms with Crippen molar-refractivity contribution in [1.82, 2.24) is 4.57 Å². The zero-order chi connectivity index (χ0) is 14.7. The maximum atomic E-state index is 10.1. The van der Waals surface area contributed by atoms with Gasteiger partial charge in [0.2, 0.25) is 0 Å². The number of rotatable bonds is 5. The van der Waals surface area contributed by atoms with Crippen LogP contribution in [0.5, 0.6) is 5.75 Å². The third-order valence-corrected chi connectivity index (χ3v) is 3.86. The fourth-order valence-electron chi connectivity index (χ4n) is 2.75. The summed E-state index contributed by atoms with van der Waals surface area (Å²) in [4.78, 5) is 0. The van der Waals surface area contributed by atoms with Crippen molar-refractivity contribution in [3.05, 3.63) is 59.2 Å². The molecule has 110 valence electrons. The summed E-state index contributed by atoms with van der Waals surface area (Å²) in [6, 6.07) is 11.5. The molecule has 1 aromatic carbocycles. The maximum Gasteiger partial charge on any atom is 0.124 e. The van der Waals surface area contributed by atoms with Gasteiger partial charge >= 0.3 is 0 Å². The van der Waals surface area contributed by atoms with Gasteiger partial charge in [0.05, 0.1) is 6.54 Å². The van der Waals surface area contributed by atoms with Gasteiger partial charge in [-0.2, -0.15) is 0 Å². The first-order chi connectivity index (χ1) is 10.2. The summed E-state index contributed by atoms with van der Waals surface area (Å²) in [7, 11) is 0. The predicted octanol–water partition coefficient (Wildman–Crippen LogP) is 1.90. The van der Waals surface area contributed by atoms with E-state index < -0.39 is 6.10 Å². The zero-order valence-electron chi connectivity index (χ0n) is 12.0. The smallest absolute Gasteiger partial charge is 0.124 e. The van der Waals surface area contributed by atoms with Crippen molar-refractivity contribution < 1.29 is 9.84 Å². The number of hydrogen-bond donors (Lipinski definition) is 2. The SMILES string of the molecule is N=c1ccccn1CC(O)COc1ccc2c(c1)CCC2. The van der Waals surface area contributed by atoms with Crippen LogP contribution < -0.4 is 10.2 Å². The van der Waals surface area contributed by atoms with E-state index in [9.17, 15) is 5.11 Å². The number of pyridine rings is 1. The van der Waals surface area contributed by atoms with Crippen LogP contribution in [0, 0.1) is 5.41 Å². The van der Waals surface area contributed by atoms with E-state index in [1.807, 2.05) is 18.2 Å². The second kappa shape index (κ2) is 6.14. The molecule has 1 atom stereocenters. The van der Waals surface area contributed by atoms with E-state index in [4.69, 9.17) is 10.1 Å². The Morgan fingerprint density at radius 1 is 1.19 bits per heavy atom. The lowest BCUT2D eigenvalue weighted by Gasteiger charge is -2.15. The third-order valence-electron chi connectivity index (χ3n) is 3.86. The lowest BCUT2D eigenvalue weighted by molar-refractivity contribution is 0.0912. The Labute approximate surface area is 124 Å². The molecule has 2 aromatic rings. The van der Waals surface area contributed by atoms with Crippen LogP contribution in [0.1, 0.15) is 17.5 Å². The Kier molecular flexibility index (Phi) is 4.06. The number of aliphatic hydroxyl groups excluding tert-OH is 1. The van der Waals surface area contributed by atoms with Crippen LogP contribution in [-0.4, -0.2) is 22.4 Å². The van der Waals surface area contributed by atoms with Gasteiger partial charge in [-0.05, 0) is 54.7 Å². The molecule has 0 spiro atoms. The Bertz CT molecular complexity index is 678. The van der Waals surface area contributed by atoms with Crippen LogP contribution in [0.3, 0.4) is 0 Å². The Balaban J connectivity index is 1.57. The van der Waals surface area contributed by atoms with Crippen molar-refractivity contribution in [2.24, 2.45) is 0 Å². The topological polar surface area (TPSA) is 58.2 Å². The molecule has 0 radical (unpaired) electrons. The number of hydrogen-bond acceptors (Lipinski definition) is 3. The van der Waals surface area contributed by atoms with Crippen LogP contribution in [-0.2, 0) is 19.4 Å². The minimum absolute atomic E-state index is 0.236. The number of aromatic nitrogens is 1. The van der Waals surface area contributed by atoms with E-state index in [0.717, 1.165) is 18.6 Å². The highest BCUT2D eigenvalue weighted by molar-refractivity contribution is 5.38. The molecule has 0 fully saturated rings. The van der Waals surface area contributed by atoms with Gasteiger partial charge in [-0.3, -0.25) is 5.41 Å². The Hall–Kier alpha value is -2.07. The molecule has 2 N–H and O–H groups in total. The zero-order valence-corrected chi connectivity index (χ0v) is 12.0. The number of benzene rings is 1. The normalized spacial score (nSPS) is 14.7.